The van der Waals surface area contributed by atoms with Crippen LogP contribution < -0.4 is 4.72 Å². The minimum absolute atomic E-state index is 0.0956. The Morgan fingerprint density at radius 2 is 1.62 bits per heavy atom. The van der Waals surface area contributed by atoms with Gasteiger partial charge < -0.3 is 0 Å². The zero-order chi connectivity index (χ0) is 11.2. The molecule has 0 spiro atoms. The Morgan fingerprint density at radius 3 is 2.25 bits per heavy atom. The van der Waals surface area contributed by atoms with Gasteiger partial charge in [0.05, 0.1) is 5.25 Å². The monoisotopic (exact) mass is 243 g/mol. The molecule has 0 bridgehead atoms. The maximum absolute atomic E-state index is 12.1. The first-order chi connectivity index (χ1) is 7.67. The van der Waals surface area contributed by atoms with Gasteiger partial charge in [0.1, 0.15) is 0 Å². The molecular weight excluding hydrogens is 222 g/mol. The molecular formula is C12H21NO2S. The number of hydrogen-bond donors (Lipinski definition) is 1. The van der Waals surface area contributed by atoms with Crippen molar-refractivity contribution in [3.05, 3.63) is 0 Å². The second-order valence-corrected chi connectivity index (χ2v) is 7.76. The molecule has 3 nitrogen and oxygen atoms in total. The van der Waals surface area contributed by atoms with Crippen LogP contribution in [0.3, 0.4) is 0 Å². The standard InChI is InChI=1S/C12H21NO2S/c14-16(15,10-4-2-1-3-5-10)13-12-8-11(12)9-6-7-9/h9-13H,1-8H2/t11-,12+/m0/s1. The molecule has 1 N–H and O–H groups in total. The fourth-order valence-electron chi connectivity index (χ4n) is 3.08. The highest BCUT2D eigenvalue weighted by molar-refractivity contribution is 7.90. The van der Waals surface area contributed by atoms with Crippen LogP contribution in [0.15, 0.2) is 0 Å². The summed E-state index contributed by atoms with van der Waals surface area (Å²) in [4.78, 5) is 0. The van der Waals surface area contributed by atoms with Crippen molar-refractivity contribution in [2.24, 2.45) is 11.8 Å². The van der Waals surface area contributed by atoms with E-state index in [1.165, 1.54) is 19.3 Å². The Labute approximate surface area is 98.0 Å². The van der Waals surface area contributed by atoms with Gasteiger partial charge in [-0.1, -0.05) is 19.3 Å². The predicted molar refractivity (Wildman–Crippen MR) is 63.5 cm³/mol. The van der Waals surface area contributed by atoms with Gasteiger partial charge in [0, 0.05) is 6.04 Å². The molecule has 92 valence electrons. The minimum Gasteiger partial charge on any atom is -0.212 e. The fourth-order valence-corrected chi connectivity index (χ4v) is 4.92. The quantitative estimate of drug-likeness (QED) is 0.821. The molecule has 3 aliphatic carbocycles. The van der Waals surface area contributed by atoms with Crippen LogP contribution in [0.5, 0.6) is 0 Å². The van der Waals surface area contributed by atoms with Gasteiger partial charge in [-0.25, -0.2) is 13.1 Å². The van der Waals surface area contributed by atoms with Gasteiger partial charge in [-0.05, 0) is 43.9 Å². The zero-order valence-electron chi connectivity index (χ0n) is 9.69. The molecule has 0 aromatic heterocycles. The van der Waals surface area contributed by atoms with Crippen LogP contribution in [-0.4, -0.2) is 19.7 Å². The summed E-state index contributed by atoms with van der Waals surface area (Å²) in [5.74, 6) is 1.53. The normalized spacial score (nSPS) is 36.2. The molecule has 4 heteroatoms. The van der Waals surface area contributed by atoms with Crippen molar-refractivity contribution >= 4 is 10.0 Å². The lowest BCUT2D eigenvalue weighted by Gasteiger charge is -2.22. The largest absolute Gasteiger partial charge is 0.214 e. The van der Waals surface area contributed by atoms with E-state index in [1.807, 2.05) is 0 Å². The first-order valence-electron chi connectivity index (χ1n) is 6.68. The second-order valence-electron chi connectivity index (χ2n) is 5.77. The molecule has 0 heterocycles. The molecule has 0 amide bonds. The summed E-state index contributed by atoms with van der Waals surface area (Å²) >= 11 is 0. The fraction of sp³-hybridized carbons (Fsp3) is 1.00. The Bertz CT molecular complexity index is 355. The van der Waals surface area contributed by atoms with Crippen LogP contribution in [0.25, 0.3) is 0 Å². The molecule has 0 unspecified atom stereocenters. The topological polar surface area (TPSA) is 46.2 Å². The second kappa shape index (κ2) is 3.98. The Kier molecular flexibility index (Phi) is 2.75. The van der Waals surface area contributed by atoms with E-state index in [0.29, 0.717) is 12.0 Å². The van der Waals surface area contributed by atoms with E-state index in [4.69, 9.17) is 0 Å². The molecule has 3 rings (SSSR count). The van der Waals surface area contributed by atoms with Crippen molar-refractivity contribution in [1.82, 2.24) is 4.72 Å². The van der Waals surface area contributed by atoms with Gasteiger partial charge in [-0.3, -0.25) is 0 Å². The molecule has 0 aliphatic heterocycles. The van der Waals surface area contributed by atoms with Crippen molar-refractivity contribution < 1.29 is 8.42 Å². The molecule has 0 radical (unpaired) electrons. The lowest BCUT2D eigenvalue weighted by molar-refractivity contribution is 0.475. The lowest BCUT2D eigenvalue weighted by Crippen LogP contribution is -2.37. The Balaban J connectivity index is 1.56. The van der Waals surface area contributed by atoms with Crippen LogP contribution in [0, 0.1) is 11.8 Å². The molecule has 3 fully saturated rings. The van der Waals surface area contributed by atoms with Crippen molar-refractivity contribution in [2.75, 3.05) is 0 Å². The van der Waals surface area contributed by atoms with Crippen LogP contribution in [0.2, 0.25) is 0 Å². The third kappa shape index (κ3) is 2.28. The third-order valence-corrected chi connectivity index (χ3v) is 6.35. The highest BCUT2D eigenvalue weighted by Crippen LogP contribution is 2.50. The van der Waals surface area contributed by atoms with E-state index in [9.17, 15) is 8.42 Å². The first kappa shape index (κ1) is 11.0. The van der Waals surface area contributed by atoms with Gasteiger partial charge in [0.25, 0.3) is 0 Å². The molecule has 3 aliphatic rings. The Morgan fingerprint density at radius 1 is 0.938 bits per heavy atom. The number of sulfonamides is 1. The van der Waals surface area contributed by atoms with Crippen LogP contribution in [0.1, 0.15) is 51.4 Å². The average Bonchev–Trinajstić information content (AvgIpc) is 3.11. The average molecular weight is 243 g/mol. The maximum atomic E-state index is 12.1. The molecule has 0 aromatic carbocycles. The van der Waals surface area contributed by atoms with E-state index in [1.54, 1.807) is 0 Å². The summed E-state index contributed by atoms with van der Waals surface area (Å²) in [5.41, 5.74) is 0. The van der Waals surface area contributed by atoms with E-state index < -0.39 is 10.0 Å². The smallest absolute Gasteiger partial charge is 0.212 e. The zero-order valence-corrected chi connectivity index (χ0v) is 10.5. The summed E-state index contributed by atoms with van der Waals surface area (Å²) < 4.78 is 27.2. The number of rotatable bonds is 4. The number of nitrogens with one attached hydrogen (secondary N) is 1. The SMILES string of the molecule is O=S(=O)(N[C@@H]1C[C@H]1C1CC1)C1CCCCC1. The van der Waals surface area contributed by atoms with Crippen molar-refractivity contribution in [2.45, 2.75) is 62.7 Å². The summed E-state index contributed by atoms with van der Waals surface area (Å²) in [7, 11) is -3.01. The van der Waals surface area contributed by atoms with Crippen LogP contribution >= 0.6 is 0 Å². The Hall–Kier alpha value is -0.0900. The van der Waals surface area contributed by atoms with Crippen molar-refractivity contribution in [3.8, 4) is 0 Å². The predicted octanol–water partition coefficient (Wildman–Crippen LogP) is 2.04. The summed E-state index contributed by atoms with van der Waals surface area (Å²) in [6.45, 7) is 0. The minimum atomic E-state index is -3.01. The van der Waals surface area contributed by atoms with Gasteiger partial charge >= 0.3 is 0 Å². The highest BCUT2D eigenvalue weighted by atomic mass is 32.2. The van der Waals surface area contributed by atoms with E-state index in [-0.39, 0.29) is 5.25 Å². The molecule has 3 saturated carbocycles. The summed E-state index contributed by atoms with van der Waals surface area (Å²) in [6, 6.07) is 0.291. The van der Waals surface area contributed by atoms with Crippen molar-refractivity contribution in [1.29, 1.82) is 0 Å². The van der Waals surface area contributed by atoms with Gasteiger partial charge in [-0.15, -0.1) is 0 Å². The maximum Gasteiger partial charge on any atom is 0.214 e. The summed E-state index contributed by atoms with van der Waals surface area (Å²) in [5, 5.41) is -0.0956. The first-order valence-corrected chi connectivity index (χ1v) is 8.22. The third-order valence-electron chi connectivity index (χ3n) is 4.37. The molecule has 0 aromatic rings. The molecule has 2 atom stereocenters. The van der Waals surface area contributed by atoms with E-state index in [2.05, 4.69) is 4.72 Å². The highest BCUT2D eigenvalue weighted by Gasteiger charge is 2.49. The van der Waals surface area contributed by atoms with E-state index in [0.717, 1.165) is 38.0 Å². The van der Waals surface area contributed by atoms with Crippen molar-refractivity contribution in [3.63, 3.8) is 0 Å². The lowest BCUT2D eigenvalue weighted by atomic mass is 10.0. The van der Waals surface area contributed by atoms with Gasteiger partial charge in [0.15, 0.2) is 0 Å². The van der Waals surface area contributed by atoms with E-state index >= 15 is 0 Å². The summed E-state index contributed by atoms with van der Waals surface area (Å²) in [6.07, 6.45) is 8.87. The van der Waals surface area contributed by atoms with Crippen LogP contribution in [-0.2, 0) is 10.0 Å². The van der Waals surface area contributed by atoms with Gasteiger partial charge in [0.2, 0.25) is 10.0 Å². The number of hydrogen-bond acceptors (Lipinski definition) is 2. The van der Waals surface area contributed by atoms with Gasteiger partial charge in [-0.2, -0.15) is 0 Å². The molecule has 16 heavy (non-hydrogen) atoms. The molecule has 0 saturated heterocycles. The van der Waals surface area contributed by atoms with Crippen LogP contribution in [0.4, 0.5) is 0 Å².